The third kappa shape index (κ3) is 3.74. The van der Waals surface area contributed by atoms with Crippen LogP contribution in [0.15, 0.2) is 18.2 Å². The summed E-state index contributed by atoms with van der Waals surface area (Å²) in [5.41, 5.74) is -0.402. The minimum absolute atomic E-state index is 0.00211. The molecule has 1 rings (SSSR count). The number of nitro benzene ring substituents is 1. The van der Waals surface area contributed by atoms with E-state index in [-0.39, 0.29) is 11.4 Å². The SMILES string of the molecule is CC(=O)Nc1ccc(OB(O)O)cc1[N+](=O)[O-]. The van der Waals surface area contributed by atoms with Crippen LogP contribution in [0, 0.1) is 10.1 Å². The van der Waals surface area contributed by atoms with Crippen LogP contribution < -0.4 is 9.97 Å². The fraction of sp³-hybridized carbons (Fsp3) is 0.125. The summed E-state index contributed by atoms with van der Waals surface area (Å²) < 4.78 is 4.46. The molecule has 0 fully saturated rings. The molecule has 0 aromatic heterocycles. The number of hydrogen-bond donors (Lipinski definition) is 3. The first-order valence-corrected chi connectivity index (χ1v) is 4.49. The molecule has 0 saturated carbocycles. The number of carbonyl (C=O) groups is 1. The number of amides is 1. The second kappa shape index (κ2) is 5.28. The lowest BCUT2D eigenvalue weighted by Gasteiger charge is -2.07. The van der Waals surface area contributed by atoms with Gasteiger partial charge in [-0.2, -0.15) is 0 Å². The van der Waals surface area contributed by atoms with Crippen LogP contribution >= 0.6 is 0 Å². The first-order valence-electron chi connectivity index (χ1n) is 4.49. The van der Waals surface area contributed by atoms with Gasteiger partial charge in [-0.3, -0.25) is 14.9 Å². The smallest absolute Gasteiger partial charge is 0.512 e. The lowest BCUT2D eigenvalue weighted by Crippen LogP contribution is -2.20. The number of anilines is 1. The monoisotopic (exact) mass is 240 g/mol. The summed E-state index contributed by atoms with van der Waals surface area (Å²) in [6.07, 6.45) is 0. The summed E-state index contributed by atoms with van der Waals surface area (Å²) >= 11 is 0. The van der Waals surface area contributed by atoms with Gasteiger partial charge in [0.2, 0.25) is 5.91 Å². The van der Waals surface area contributed by atoms with Crippen LogP contribution in [0.4, 0.5) is 11.4 Å². The molecule has 0 spiro atoms. The topological polar surface area (TPSA) is 122 Å². The maximum Gasteiger partial charge on any atom is 0.707 e. The van der Waals surface area contributed by atoms with E-state index in [1.807, 2.05) is 0 Å². The lowest BCUT2D eigenvalue weighted by molar-refractivity contribution is -0.384. The van der Waals surface area contributed by atoms with Crippen LogP contribution in [0.1, 0.15) is 6.92 Å². The summed E-state index contributed by atoms with van der Waals surface area (Å²) in [7, 11) is -2.07. The minimum atomic E-state index is -2.07. The van der Waals surface area contributed by atoms with Gasteiger partial charge in [0.15, 0.2) is 0 Å². The Kier molecular flexibility index (Phi) is 4.02. The van der Waals surface area contributed by atoms with E-state index in [2.05, 4.69) is 9.97 Å². The normalized spacial score (nSPS) is 9.59. The summed E-state index contributed by atoms with van der Waals surface area (Å²) in [6.45, 7) is 1.21. The van der Waals surface area contributed by atoms with Crippen LogP contribution in [0.25, 0.3) is 0 Å². The van der Waals surface area contributed by atoms with Gasteiger partial charge in [-0.05, 0) is 12.1 Å². The van der Waals surface area contributed by atoms with Crippen molar-refractivity contribution in [3.63, 3.8) is 0 Å². The predicted octanol–water partition coefficient (Wildman–Crippen LogP) is -0.0985. The van der Waals surface area contributed by atoms with Crippen LogP contribution in [0.5, 0.6) is 5.75 Å². The van der Waals surface area contributed by atoms with Crippen molar-refractivity contribution >= 4 is 24.6 Å². The number of hydrogen-bond acceptors (Lipinski definition) is 6. The van der Waals surface area contributed by atoms with Gasteiger partial charge in [0.1, 0.15) is 11.4 Å². The van der Waals surface area contributed by atoms with E-state index in [4.69, 9.17) is 10.0 Å². The van der Waals surface area contributed by atoms with Crippen LogP contribution in [0.2, 0.25) is 0 Å². The van der Waals surface area contributed by atoms with Crippen LogP contribution in [-0.4, -0.2) is 28.2 Å². The van der Waals surface area contributed by atoms with Gasteiger partial charge in [0, 0.05) is 6.92 Å². The van der Waals surface area contributed by atoms with Gasteiger partial charge in [-0.25, -0.2) is 0 Å². The molecule has 1 aromatic carbocycles. The molecule has 0 saturated heterocycles. The summed E-state index contributed by atoms with van der Waals surface area (Å²) in [5.74, 6) is -0.551. The molecule has 90 valence electrons. The van der Waals surface area contributed by atoms with Crippen molar-refractivity contribution in [2.24, 2.45) is 0 Å². The molecule has 1 aromatic rings. The Morgan fingerprint density at radius 1 is 1.53 bits per heavy atom. The van der Waals surface area contributed by atoms with Crippen molar-refractivity contribution in [1.82, 2.24) is 0 Å². The lowest BCUT2D eigenvalue weighted by atomic mass is 10.2. The van der Waals surface area contributed by atoms with Gasteiger partial charge in [0.25, 0.3) is 5.69 Å². The second-order valence-corrected chi connectivity index (χ2v) is 3.06. The molecular formula is C8H9BN2O6. The van der Waals surface area contributed by atoms with E-state index in [1.165, 1.54) is 19.1 Å². The average Bonchev–Trinajstić information content (AvgIpc) is 2.18. The Morgan fingerprint density at radius 2 is 2.18 bits per heavy atom. The summed E-state index contributed by atoms with van der Waals surface area (Å²) in [4.78, 5) is 20.8. The highest BCUT2D eigenvalue weighted by atomic mass is 16.6. The average molecular weight is 240 g/mol. The van der Waals surface area contributed by atoms with E-state index in [0.29, 0.717) is 0 Å². The van der Waals surface area contributed by atoms with E-state index in [0.717, 1.165) is 6.07 Å². The third-order valence-corrected chi connectivity index (χ3v) is 1.72. The molecule has 0 atom stereocenters. The van der Waals surface area contributed by atoms with Gasteiger partial charge in [-0.15, -0.1) is 0 Å². The molecule has 9 heteroatoms. The molecule has 0 radical (unpaired) electrons. The van der Waals surface area contributed by atoms with Crippen molar-refractivity contribution in [3.05, 3.63) is 28.3 Å². The zero-order valence-corrected chi connectivity index (χ0v) is 8.78. The van der Waals surface area contributed by atoms with E-state index < -0.39 is 23.8 Å². The highest BCUT2D eigenvalue weighted by molar-refractivity contribution is 6.33. The van der Waals surface area contributed by atoms with Crippen LogP contribution in [-0.2, 0) is 4.79 Å². The number of rotatable bonds is 4. The van der Waals surface area contributed by atoms with E-state index in [1.54, 1.807) is 0 Å². The van der Waals surface area contributed by atoms with Crippen molar-refractivity contribution in [3.8, 4) is 5.75 Å². The highest BCUT2D eigenvalue weighted by Gasteiger charge is 2.18. The van der Waals surface area contributed by atoms with Gasteiger partial charge in [-0.1, -0.05) is 0 Å². The molecule has 0 unspecified atom stereocenters. The molecular weight excluding hydrogens is 231 g/mol. The largest absolute Gasteiger partial charge is 0.707 e. The fourth-order valence-electron chi connectivity index (χ4n) is 1.15. The number of carbonyl (C=O) groups excluding carboxylic acids is 1. The van der Waals surface area contributed by atoms with Gasteiger partial charge >= 0.3 is 7.32 Å². The second-order valence-electron chi connectivity index (χ2n) is 3.06. The van der Waals surface area contributed by atoms with Gasteiger partial charge in [0.05, 0.1) is 11.0 Å². The number of nitro groups is 1. The quantitative estimate of drug-likeness (QED) is 0.383. The fourth-order valence-corrected chi connectivity index (χ4v) is 1.15. The predicted molar refractivity (Wildman–Crippen MR) is 58.2 cm³/mol. The van der Waals surface area contributed by atoms with Crippen molar-refractivity contribution < 1.29 is 24.4 Å². The first kappa shape index (κ1) is 12.9. The van der Waals surface area contributed by atoms with E-state index in [9.17, 15) is 14.9 Å². The molecule has 17 heavy (non-hydrogen) atoms. The van der Waals surface area contributed by atoms with Crippen LogP contribution in [0.3, 0.4) is 0 Å². The Labute approximate surface area is 96.2 Å². The van der Waals surface area contributed by atoms with E-state index >= 15 is 0 Å². The maximum atomic E-state index is 10.8. The number of nitrogens with one attached hydrogen (secondary N) is 1. The number of nitrogens with zero attached hydrogens (tertiary/aromatic N) is 1. The number of benzene rings is 1. The Hall–Kier alpha value is -2.13. The highest BCUT2D eigenvalue weighted by Crippen LogP contribution is 2.29. The summed E-state index contributed by atoms with van der Waals surface area (Å²) in [5, 5.41) is 30.1. The Bertz CT molecular complexity index is 450. The zero-order chi connectivity index (χ0) is 13.0. The van der Waals surface area contributed by atoms with Crippen molar-refractivity contribution in [2.75, 3.05) is 5.32 Å². The Balaban J connectivity index is 3.08. The summed E-state index contributed by atoms with van der Waals surface area (Å²) in [6, 6.07) is 3.47. The maximum absolute atomic E-state index is 10.8. The van der Waals surface area contributed by atoms with Crippen molar-refractivity contribution in [2.45, 2.75) is 6.92 Å². The van der Waals surface area contributed by atoms with Crippen molar-refractivity contribution in [1.29, 1.82) is 0 Å². The van der Waals surface area contributed by atoms with Gasteiger partial charge < -0.3 is 20.0 Å². The molecule has 0 heterocycles. The third-order valence-electron chi connectivity index (χ3n) is 1.72. The molecule has 0 bridgehead atoms. The minimum Gasteiger partial charge on any atom is -0.512 e. The first-order chi connectivity index (χ1) is 7.90. The molecule has 3 N–H and O–H groups in total. The molecule has 1 amide bonds. The zero-order valence-electron chi connectivity index (χ0n) is 8.78. The standard InChI is InChI=1S/C8H9BN2O6/c1-5(12)10-7-3-2-6(17-9(13)14)4-8(7)11(15)16/h2-4,13-14H,1H3,(H,10,12). The molecule has 0 aliphatic heterocycles. The Morgan fingerprint density at radius 3 is 2.65 bits per heavy atom. The molecule has 0 aliphatic carbocycles. The molecule has 0 aliphatic rings. The molecule has 8 nitrogen and oxygen atoms in total.